The van der Waals surface area contributed by atoms with Crippen LogP contribution in [0.4, 0.5) is 0 Å². The standard InChI is InChI=1S/C11H16NS.2CH4O.Ti/c1-4-9(2)13-10(3)11-7-5-6-8-12-11;2*1-2;/h5-10H,1,4H2,2-3H3;2*2H,1H3;/q-1;;;. The molecule has 0 aliphatic carbocycles. The predicted octanol–water partition coefficient (Wildman–Crippen LogP) is 2.70. The monoisotopic (exact) mass is 306 g/mol. The quantitative estimate of drug-likeness (QED) is 0.663. The van der Waals surface area contributed by atoms with Gasteiger partial charge in [-0.3, -0.25) is 4.98 Å². The van der Waals surface area contributed by atoms with Crippen molar-refractivity contribution < 1.29 is 31.9 Å². The molecule has 0 amide bonds. The van der Waals surface area contributed by atoms with Gasteiger partial charge in [0.25, 0.3) is 0 Å². The van der Waals surface area contributed by atoms with E-state index < -0.39 is 0 Å². The van der Waals surface area contributed by atoms with Crippen LogP contribution in [0.25, 0.3) is 0 Å². The molecular formula is C13H24NO2STi-. The molecule has 1 heterocycles. The van der Waals surface area contributed by atoms with Crippen LogP contribution in [0.1, 0.15) is 31.2 Å². The van der Waals surface area contributed by atoms with Crippen LogP contribution < -0.4 is 0 Å². The van der Waals surface area contributed by atoms with Gasteiger partial charge in [0.2, 0.25) is 0 Å². The molecule has 1 aromatic heterocycles. The van der Waals surface area contributed by atoms with Crippen molar-refractivity contribution in [2.45, 2.75) is 30.8 Å². The Hall–Kier alpha value is 0.134. The van der Waals surface area contributed by atoms with Gasteiger partial charge in [0.1, 0.15) is 0 Å². The number of hydrogen-bond donors (Lipinski definition) is 2. The number of aliphatic hydroxyl groups is 2. The third-order valence-electron chi connectivity index (χ3n) is 1.95. The van der Waals surface area contributed by atoms with Gasteiger partial charge in [-0.2, -0.15) is 18.2 Å². The number of aliphatic hydroxyl groups excluding tert-OH is 2. The average molecular weight is 306 g/mol. The van der Waals surface area contributed by atoms with E-state index in [1.54, 1.807) is 0 Å². The van der Waals surface area contributed by atoms with Crippen LogP contribution in [0.3, 0.4) is 0 Å². The minimum atomic E-state index is 0. The van der Waals surface area contributed by atoms with Crippen LogP contribution in [-0.2, 0) is 21.7 Å². The van der Waals surface area contributed by atoms with Gasteiger partial charge >= 0.3 is 0 Å². The number of nitrogens with zero attached hydrogens (tertiary/aromatic N) is 1. The zero-order valence-electron chi connectivity index (χ0n) is 11.6. The largest absolute Gasteiger partial charge is 0.400 e. The first-order valence-electron chi connectivity index (χ1n) is 5.49. The van der Waals surface area contributed by atoms with Gasteiger partial charge in [-0.05, 0) is 24.3 Å². The van der Waals surface area contributed by atoms with E-state index in [9.17, 15) is 0 Å². The first-order valence-corrected chi connectivity index (χ1v) is 6.43. The maximum absolute atomic E-state index is 7.00. The van der Waals surface area contributed by atoms with E-state index in [1.165, 1.54) is 0 Å². The van der Waals surface area contributed by atoms with Crippen LogP contribution in [0.15, 0.2) is 24.4 Å². The Labute approximate surface area is 130 Å². The first-order chi connectivity index (χ1) is 8.24. The summed E-state index contributed by atoms with van der Waals surface area (Å²) in [6.45, 7) is 8.29. The Bertz CT molecular complexity index is 250. The summed E-state index contributed by atoms with van der Waals surface area (Å²) in [4.78, 5) is 4.32. The Balaban J connectivity index is -0.000000409. The van der Waals surface area contributed by atoms with E-state index in [2.05, 4.69) is 31.8 Å². The van der Waals surface area contributed by atoms with Crippen molar-refractivity contribution in [3.05, 3.63) is 37.0 Å². The van der Waals surface area contributed by atoms with Crippen LogP contribution in [0.5, 0.6) is 0 Å². The van der Waals surface area contributed by atoms with E-state index in [-0.39, 0.29) is 21.7 Å². The molecule has 0 aromatic carbocycles. The fraction of sp³-hybridized carbons (Fsp3) is 0.538. The summed E-state index contributed by atoms with van der Waals surface area (Å²) in [6, 6.07) is 6.06. The predicted molar refractivity (Wildman–Crippen MR) is 76.0 cm³/mol. The number of aromatic nitrogens is 1. The van der Waals surface area contributed by atoms with Crippen molar-refractivity contribution >= 4 is 11.8 Å². The summed E-state index contributed by atoms with van der Waals surface area (Å²) in [7, 11) is 2.00. The maximum atomic E-state index is 7.00. The molecule has 18 heavy (non-hydrogen) atoms. The summed E-state index contributed by atoms with van der Waals surface area (Å²) in [5, 5.41) is 15.1. The third kappa shape index (κ3) is 11.2. The summed E-state index contributed by atoms with van der Waals surface area (Å²) in [5.74, 6) is 0. The van der Waals surface area contributed by atoms with E-state index in [0.717, 1.165) is 26.3 Å². The third-order valence-corrected chi connectivity index (χ3v) is 3.30. The van der Waals surface area contributed by atoms with Crippen LogP contribution >= 0.6 is 11.8 Å². The molecule has 5 heteroatoms. The Morgan fingerprint density at radius 1 is 1.22 bits per heavy atom. The van der Waals surface area contributed by atoms with Crippen molar-refractivity contribution in [1.82, 2.24) is 4.98 Å². The van der Waals surface area contributed by atoms with Gasteiger partial charge in [-0.25, -0.2) is 0 Å². The number of thioether (sulfide) groups is 1. The topological polar surface area (TPSA) is 53.4 Å². The van der Waals surface area contributed by atoms with Gasteiger partial charge < -0.3 is 17.1 Å². The number of pyridine rings is 1. The molecule has 0 fully saturated rings. The van der Waals surface area contributed by atoms with Crippen molar-refractivity contribution in [1.29, 1.82) is 0 Å². The number of rotatable bonds is 4. The molecule has 0 saturated carbocycles. The Morgan fingerprint density at radius 2 is 1.78 bits per heavy atom. The first kappa shape index (κ1) is 23.2. The fourth-order valence-electron chi connectivity index (χ4n) is 1.10. The van der Waals surface area contributed by atoms with Crippen LogP contribution in [0, 0.1) is 6.92 Å². The minimum Gasteiger partial charge on any atom is -0.400 e. The van der Waals surface area contributed by atoms with Gasteiger partial charge in [-0.1, -0.05) is 13.0 Å². The fourth-order valence-corrected chi connectivity index (χ4v) is 2.21. The van der Waals surface area contributed by atoms with E-state index in [4.69, 9.17) is 10.2 Å². The molecule has 0 spiro atoms. The van der Waals surface area contributed by atoms with Gasteiger partial charge in [0.15, 0.2) is 0 Å². The SMILES string of the molecule is CO.CO.[CH2-]CC(C)SC(C)c1ccccn1.[Ti]. The van der Waals surface area contributed by atoms with Crippen molar-refractivity contribution in [3.63, 3.8) is 0 Å². The normalized spacial score (nSPS) is 11.7. The van der Waals surface area contributed by atoms with Gasteiger partial charge in [0, 0.05) is 47.4 Å². The van der Waals surface area contributed by atoms with Crippen LogP contribution in [0.2, 0.25) is 0 Å². The molecule has 0 saturated heterocycles. The molecular weight excluding hydrogens is 282 g/mol. The average Bonchev–Trinajstić information content (AvgIpc) is 2.44. The summed E-state index contributed by atoms with van der Waals surface area (Å²) in [6.07, 6.45) is 2.82. The summed E-state index contributed by atoms with van der Waals surface area (Å²) < 4.78 is 0. The molecule has 2 N–H and O–H groups in total. The van der Waals surface area contributed by atoms with E-state index in [0.29, 0.717) is 10.5 Å². The van der Waals surface area contributed by atoms with E-state index in [1.807, 2.05) is 30.1 Å². The molecule has 3 nitrogen and oxygen atoms in total. The second kappa shape index (κ2) is 17.1. The second-order valence-corrected chi connectivity index (χ2v) is 4.92. The Kier molecular flexibility index (Phi) is 22.1. The molecule has 0 aliphatic rings. The zero-order valence-corrected chi connectivity index (χ0v) is 14.0. The van der Waals surface area contributed by atoms with Crippen LogP contribution in [-0.4, -0.2) is 34.7 Å². The molecule has 0 radical (unpaired) electrons. The van der Waals surface area contributed by atoms with Crippen molar-refractivity contribution in [2.75, 3.05) is 14.2 Å². The maximum Gasteiger partial charge on any atom is 0.0530 e. The second-order valence-electron chi connectivity index (χ2n) is 3.13. The minimum absolute atomic E-state index is 0. The smallest absolute Gasteiger partial charge is 0.0530 e. The Morgan fingerprint density at radius 3 is 2.17 bits per heavy atom. The molecule has 0 aliphatic heterocycles. The molecule has 104 valence electrons. The zero-order chi connectivity index (χ0) is 13.7. The van der Waals surface area contributed by atoms with Gasteiger partial charge in [-0.15, -0.1) is 0 Å². The van der Waals surface area contributed by atoms with Crippen molar-refractivity contribution in [2.24, 2.45) is 0 Å². The molecule has 0 bridgehead atoms. The van der Waals surface area contributed by atoms with Gasteiger partial charge in [0.05, 0.1) is 5.69 Å². The molecule has 1 rings (SSSR count). The molecule has 1 aromatic rings. The molecule has 2 unspecified atom stereocenters. The number of hydrogen-bond acceptors (Lipinski definition) is 4. The van der Waals surface area contributed by atoms with Crippen molar-refractivity contribution in [3.8, 4) is 0 Å². The molecule has 2 atom stereocenters. The summed E-state index contributed by atoms with van der Waals surface area (Å²) >= 11 is 1.93. The van der Waals surface area contributed by atoms with E-state index >= 15 is 0 Å². The summed E-state index contributed by atoms with van der Waals surface area (Å²) in [5.41, 5.74) is 1.16.